The van der Waals surface area contributed by atoms with Crippen LogP contribution in [0.1, 0.15) is 85.5 Å². The second-order valence-corrected chi connectivity index (χ2v) is 8.00. The van der Waals surface area contributed by atoms with E-state index in [0.717, 1.165) is 24.2 Å². The van der Waals surface area contributed by atoms with Crippen LogP contribution in [0.25, 0.3) is 0 Å². The van der Waals surface area contributed by atoms with Crippen LogP contribution in [0.5, 0.6) is 0 Å². The number of cyclic esters (lactones) is 1. The number of nitrogens with zero attached hydrogens (tertiary/aromatic N) is 1. The Kier molecular flexibility index (Phi) is 9.66. The summed E-state index contributed by atoms with van der Waals surface area (Å²) in [6.45, 7) is 8.08. The number of amides is 2. The van der Waals surface area contributed by atoms with E-state index in [-0.39, 0.29) is 25.5 Å². The van der Waals surface area contributed by atoms with Gasteiger partial charge in [-0.25, -0.2) is 9.69 Å². The molecular weight excluding hydrogens is 334 g/mol. The van der Waals surface area contributed by atoms with Gasteiger partial charge in [-0.15, -0.1) is 0 Å². The van der Waals surface area contributed by atoms with Crippen LogP contribution in [-0.2, 0) is 19.1 Å². The van der Waals surface area contributed by atoms with Crippen LogP contribution in [0, 0.1) is 5.92 Å². The third-order valence-corrected chi connectivity index (χ3v) is 4.37. The number of esters is 1. The summed E-state index contributed by atoms with van der Waals surface area (Å²) in [5, 5.41) is 0. The fourth-order valence-electron chi connectivity index (χ4n) is 3.06. The molecule has 0 bridgehead atoms. The molecule has 6 nitrogen and oxygen atoms in total. The van der Waals surface area contributed by atoms with Crippen molar-refractivity contribution in [2.24, 2.45) is 5.92 Å². The minimum atomic E-state index is -0.608. The zero-order chi connectivity index (χ0) is 19.6. The van der Waals surface area contributed by atoms with Crippen molar-refractivity contribution in [3.63, 3.8) is 0 Å². The van der Waals surface area contributed by atoms with Crippen molar-refractivity contribution in [3.05, 3.63) is 0 Å². The van der Waals surface area contributed by atoms with Gasteiger partial charge < -0.3 is 9.47 Å². The van der Waals surface area contributed by atoms with Crippen molar-refractivity contribution in [2.45, 2.75) is 91.1 Å². The first-order chi connectivity index (χ1) is 12.2. The lowest BCUT2D eigenvalue weighted by molar-refractivity contribution is -0.158. The Labute approximate surface area is 157 Å². The molecule has 1 fully saturated rings. The monoisotopic (exact) mass is 369 g/mol. The lowest BCUT2D eigenvalue weighted by atomic mass is 9.95. The number of unbranched alkanes of at least 4 members (excludes halogenated alkanes) is 6. The molecule has 0 spiro atoms. The minimum Gasteiger partial charge on any atom is -0.460 e. The summed E-state index contributed by atoms with van der Waals surface area (Å²) in [5.41, 5.74) is -0.587. The van der Waals surface area contributed by atoms with Crippen LogP contribution in [0.3, 0.4) is 0 Å². The fraction of sp³-hybridized carbons (Fsp3) is 0.850. The SMILES string of the molecule is CCCCCCCCCC(CC(=O)OC(C)(C)C)C(=O)N1CCOC1=O. The quantitative estimate of drug-likeness (QED) is 0.397. The molecule has 0 aliphatic carbocycles. The molecule has 26 heavy (non-hydrogen) atoms. The Morgan fingerprint density at radius 2 is 1.73 bits per heavy atom. The van der Waals surface area contributed by atoms with Crippen molar-refractivity contribution in [3.8, 4) is 0 Å². The first-order valence-corrected chi connectivity index (χ1v) is 9.94. The maximum Gasteiger partial charge on any atom is 0.416 e. The van der Waals surface area contributed by atoms with Gasteiger partial charge >= 0.3 is 12.1 Å². The summed E-state index contributed by atoms with van der Waals surface area (Å²) in [5.74, 6) is -1.23. The van der Waals surface area contributed by atoms with E-state index in [9.17, 15) is 14.4 Å². The van der Waals surface area contributed by atoms with Gasteiger partial charge in [-0.3, -0.25) is 9.59 Å². The summed E-state index contributed by atoms with van der Waals surface area (Å²) in [4.78, 5) is 37.6. The van der Waals surface area contributed by atoms with Crippen molar-refractivity contribution in [1.82, 2.24) is 4.90 Å². The summed E-state index contributed by atoms with van der Waals surface area (Å²) >= 11 is 0. The Hall–Kier alpha value is -1.59. The molecule has 0 aromatic rings. The molecule has 0 aromatic heterocycles. The molecular formula is C20H35NO5. The van der Waals surface area contributed by atoms with Crippen LogP contribution < -0.4 is 0 Å². The molecule has 1 aliphatic rings. The molecule has 6 heteroatoms. The highest BCUT2D eigenvalue weighted by Gasteiger charge is 2.35. The third kappa shape index (κ3) is 8.68. The molecule has 0 radical (unpaired) electrons. The van der Waals surface area contributed by atoms with E-state index in [2.05, 4.69) is 6.92 Å². The third-order valence-electron chi connectivity index (χ3n) is 4.37. The average molecular weight is 370 g/mol. The van der Waals surface area contributed by atoms with Gasteiger partial charge in [0.25, 0.3) is 0 Å². The van der Waals surface area contributed by atoms with Gasteiger partial charge in [0.05, 0.1) is 13.0 Å². The second kappa shape index (κ2) is 11.2. The van der Waals surface area contributed by atoms with Gasteiger partial charge in [-0.2, -0.15) is 0 Å². The Balaban J connectivity index is 2.53. The highest BCUT2D eigenvalue weighted by molar-refractivity contribution is 5.95. The number of hydrogen-bond donors (Lipinski definition) is 0. The van der Waals surface area contributed by atoms with Gasteiger partial charge in [0.1, 0.15) is 12.2 Å². The van der Waals surface area contributed by atoms with Crippen molar-refractivity contribution >= 4 is 18.0 Å². The number of rotatable bonds is 11. The predicted octanol–water partition coefficient (Wildman–Crippen LogP) is 4.45. The first-order valence-electron chi connectivity index (χ1n) is 9.94. The molecule has 150 valence electrons. The van der Waals surface area contributed by atoms with Crippen LogP contribution >= 0.6 is 0 Å². The molecule has 1 heterocycles. The Morgan fingerprint density at radius 3 is 2.27 bits per heavy atom. The number of hydrogen-bond acceptors (Lipinski definition) is 5. The molecule has 0 aromatic carbocycles. The van der Waals surface area contributed by atoms with Gasteiger partial charge in [0.2, 0.25) is 5.91 Å². The molecule has 1 atom stereocenters. The van der Waals surface area contributed by atoms with Gasteiger partial charge in [0, 0.05) is 5.92 Å². The topological polar surface area (TPSA) is 72.9 Å². The largest absolute Gasteiger partial charge is 0.460 e. The van der Waals surface area contributed by atoms with E-state index in [4.69, 9.17) is 9.47 Å². The van der Waals surface area contributed by atoms with Crippen molar-refractivity contribution < 1.29 is 23.9 Å². The zero-order valence-corrected chi connectivity index (χ0v) is 16.8. The Bertz CT molecular complexity index is 469. The fourth-order valence-corrected chi connectivity index (χ4v) is 3.06. The van der Waals surface area contributed by atoms with E-state index in [1.165, 1.54) is 25.7 Å². The lowest BCUT2D eigenvalue weighted by Crippen LogP contribution is -2.38. The van der Waals surface area contributed by atoms with Crippen molar-refractivity contribution in [2.75, 3.05) is 13.2 Å². The number of imide groups is 1. The standard InChI is InChI=1S/C20H35NO5/c1-5-6-7-8-9-10-11-12-16(15-17(22)26-20(2,3)4)18(23)21-13-14-25-19(21)24/h16H,5-15H2,1-4H3. The predicted molar refractivity (Wildman–Crippen MR) is 99.6 cm³/mol. The smallest absolute Gasteiger partial charge is 0.416 e. The highest BCUT2D eigenvalue weighted by Crippen LogP contribution is 2.22. The first kappa shape index (κ1) is 22.5. The van der Waals surface area contributed by atoms with E-state index >= 15 is 0 Å². The zero-order valence-electron chi connectivity index (χ0n) is 16.8. The van der Waals surface area contributed by atoms with Gasteiger partial charge in [-0.1, -0.05) is 51.9 Å². The maximum atomic E-state index is 12.7. The van der Waals surface area contributed by atoms with Gasteiger partial charge in [-0.05, 0) is 27.2 Å². The van der Waals surface area contributed by atoms with Crippen LogP contribution in [-0.4, -0.2) is 41.6 Å². The maximum absolute atomic E-state index is 12.7. The molecule has 1 saturated heterocycles. The molecule has 0 saturated carbocycles. The average Bonchev–Trinajstić information content (AvgIpc) is 2.96. The number of carbonyl (C=O) groups is 3. The van der Waals surface area contributed by atoms with Crippen LogP contribution in [0.2, 0.25) is 0 Å². The molecule has 1 unspecified atom stereocenters. The van der Waals surface area contributed by atoms with E-state index in [0.29, 0.717) is 6.42 Å². The molecule has 2 amide bonds. The van der Waals surface area contributed by atoms with Crippen molar-refractivity contribution in [1.29, 1.82) is 0 Å². The van der Waals surface area contributed by atoms with Gasteiger partial charge in [0.15, 0.2) is 0 Å². The number of carbonyl (C=O) groups excluding carboxylic acids is 3. The summed E-state index contributed by atoms with van der Waals surface area (Å²) < 4.78 is 10.2. The normalized spacial score (nSPS) is 15.7. The number of ether oxygens (including phenoxy) is 2. The van der Waals surface area contributed by atoms with Crippen LogP contribution in [0.4, 0.5) is 4.79 Å². The molecule has 1 rings (SSSR count). The lowest BCUT2D eigenvalue weighted by Gasteiger charge is -2.23. The van der Waals surface area contributed by atoms with Crippen LogP contribution in [0.15, 0.2) is 0 Å². The highest BCUT2D eigenvalue weighted by atomic mass is 16.6. The summed E-state index contributed by atoms with van der Waals surface area (Å²) in [7, 11) is 0. The minimum absolute atomic E-state index is 0.00964. The van der Waals surface area contributed by atoms with E-state index in [1.54, 1.807) is 20.8 Å². The molecule has 1 aliphatic heterocycles. The second-order valence-electron chi connectivity index (χ2n) is 8.00. The summed E-state index contributed by atoms with van der Waals surface area (Å²) in [6.07, 6.45) is 7.97. The summed E-state index contributed by atoms with van der Waals surface area (Å²) in [6, 6.07) is 0. The Morgan fingerprint density at radius 1 is 1.12 bits per heavy atom. The molecule has 0 N–H and O–H groups in total. The van der Waals surface area contributed by atoms with E-state index < -0.39 is 23.6 Å². The van der Waals surface area contributed by atoms with E-state index in [1.807, 2.05) is 0 Å².